The average Bonchev–Trinajstić information content (AvgIpc) is 2.72. The number of aromatic nitrogens is 2. The molecule has 0 saturated heterocycles. The molecule has 0 aliphatic carbocycles. The third kappa shape index (κ3) is 2.74. The molecule has 0 saturated carbocycles. The van der Waals surface area contributed by atoms with E-state index in [1.807, 2.05) is 19.3 Å². The molecule has 0 aliphatic heterocycles. The summed E-state index contributed by atoms with van der Waals surface area (Å²) in [6.07, 6.45) is 3.73. The van der Waals surface area contributed by atoms with E-state index in [1.54, 1.807) is 22.2 Å². The Bertz CT molecular complexity index is 446. The number of aryl methyl sites for hydroxylation is 1. The van der Waals surface area contributed by atoms with Crippen molar-refractivity contribution >= 4 is 44.6 Å². The van der Waals surface area contributed by atoms with Crippen LogP contribution in [0.25, 0.3) is 0 Å². The highest BCUT2D eigenvalue weighted by Gasteiger charge is 2.04. The van der Waals surface area contributed by atoms with Gasteiger partial charge in [0.2, 0.25) is 0 Å². The summed E-state index contributed by atoms with van der Waals surface area (Å²) in [5.74, 6) is 0. The molecule has 3 nitrogen and oxygen atoms in total. The Morgan fingerprint density at radius 3 is 3.00 bits per heavy atom. The SMILES string of the molecule is Cn1cc(NCc2cc(Br)c(Cl)s2)cn1. The highest BCUT2D eigenvalue weighted by atomic mass is 79.9. The molecule has 2 rings (SSSR count). The number of halogens is 2. The lowest BCUT2D eigenvalue weighted by atomic mass is 10.4. The second-order valence-electron chi connectivity index (χ2n) is 3.09. The number of nitrogens with one attached hydrogen (secondary N) is 1. The van der Waals surface area contributed by atoms with Gasteiger partial charge in [0.05, 0.1) is 11.9 Å². The van der Waals surface area contributed by atoms with Gasteiger partial charge in [0, 0.05) is 29.1 Å². The van der Waals surface area contributed by atoms with E-state index in [1.165, 1.54) is 4.88 Å². The fraction of sp³-hybridized carbons (Fsp3) is 0.222. The van der Waals surface area contributed by atoms with Crippen molar-refractivity contribution in [2.45, 2.75) is 6.54 Å². The van der Waals surface area contributed by atoms with Crippen LogP contribution < -0.4 is 5.32 Å². The van der Waals surface area contributed by atoms with Gasteiger partial charge in [-0.3, -0.25) is 4.68 Å². The maximum atomic E-state index is 5.94. The van der Waals surface area contributed by atoms with Gasteiger partial charge in [0.25, 0.3) is 0 Å². The Morgan fingerprint density at radius 1 is 1.67 bits per heavy atom. The van der Waals surface area contributed by atoms with Gasteiger partial charge in [-0.2, -0.15) is 5.10 Å². The predicted octanol–water partition coefficient (Wildman–Crippen LogP) is 3.51. The minimum Gasteiger partial charge on any atom is -0.378 e. The second kappa shape index (κ2) is 4.55. The van der Waals surface area contributed by atoms with Crippen LogP contribution in [0.1, 0.15) is 4.88 Å². The molecule has 2 aromatic heterocycles. The molecule has 6 heteroatoms. The molecule has 80 valence electrons. The molecule has 15 heavy (non-hydrogen) atoms. The molecule has 0 aromatic carbocycles. The number of anilines is 1. The summed E-state index contributed by atoms with van der Waals surface area (Å²) >= 11 is 10.9. The van der Waals surface area contributed by atoms with E-state index in [4.69, 9.17) is 11.6 Å². The Kier molecular flexibility index (Phi) is 3.33. The molecule has 0 spiro atoms. The fourth-order valence-corrected chi connectivity index (χ4v) is 2.91. The van der Waals surface area contributed by atoms with Crippen LogP contribution in [0.5, 0.6) is 0 Å². The summed E-state index contributed by atoms with van der Waals surface area (Å²) in [5, 5.41) is 7.34. The summed E-state index contributed by atoms with van der Waals surface area (Å²) in [6.45, 7) is 0.766. The number of hydrogen-bond donors (Lipinski definition) is 1. The third-order valence-electron chi connectivity index (χ3n) is 1.87. The molecule has 2 heterocycles. The first-order valence-corrected chi connectivity index (χ1v) is 6.30. The first kappa shape index (κ1) is 11.0. The minimum absolute atomic E-state index is 0.766. The van der Waals surface area contributed by atoms with Crippen molar-refractivity contribution in [3.63, 3.8) is 0 Å². The fourth-order valence-electron chi connectivity index (χ4n) is 1.18. The van der Waals surface area contributed by atoms with Crippen molar-refractivity contribution in [2.24, 2.45) is 7.05 Å². The van der Waals surface area contributed by atoms with Crippen LogP contribution in [0, 0.1) is 0 Å². The Labute approximate surface area is 105 Å². The van der Waals surface area contributed by atoms with Gasteiger partial charge in [-0.15, -0.1) is 11.3 Å². The monoisotopic (exact) mass is 305 g/mol. The van der Waals surface area contributed by atoms with Crippen molar-refractivity contribution in [3.8, 4) is 0 Å². The van der Waals surface area contributed by atoms with Crippen LogP contribution in [0.4, 0.5) is 5.69 Å². The van der Waals surface area contributed by atoms with E-state index in [0.717, 1.165) is 21.0 Å². The first-order chi connectivity index (χ1) is 7.15. The molecule has 0 radical (unpaired) electrons. The van der Waals surface area contributed by atoms with Crippen LogP contribution in [-0.2, 0) is 13.6 Å². The predicted molar refractivity (Wildman–Crippen MR) is 67.6 cm³/mol. The summed E-state index contributed by atoms with van der Waals surface area (Å²) in [7, 11) is 1.89. The number of nitrogens with zero attached hydrogens (tertiary/aromatic N) is 2. The van der Waals surface area contributed by atoms with E-state index in [0.29, 0.717) is 0 Å². The van der Waals surface area contributed by atoms with Crippen molar-refractivity contribution < 1.29 is 0 Å². The van der Waals surface area contributed by atoms with Crippen LogP contribution in [0.2, 0.25) is 4.34 Å². The van der Waals surface area contributed by atoms with Gasteiger partial charge in [0.1, 0.15) is 4.34 Å². The number of hydrogen-bond acceptors (Lipinski definition) is 3. The normalized spacial score (nSPS) is 10.6. The maximum Gasteiger partial charge on any atom is 0.107 e. The Hall–Kier alpha value is -0.520. The molecule has 0 amide bonds. The van der Waals surface area contributed by atoms with Gasteiger partial charge < -0.3 is 5.32 Å². The number of rotatable bonds is 3. The quantitative estimate of drug-likeness (QED) is 0.940. The molecule has 0 unspecified atom stereocenters. The maximum absolute atomic E-state index is 5.94. The Morgan fingerprint density at radius 2 is 2.47 bits per heavy atom. The van der Waals surface area contributed by atoms with E-state index in [2.05, 4.69) is 26.3 Å². The number of thiophene rings is 1. The molecular formula is C9H9BrClN3S. The molecule has 0 fully saturated rings. The highest BCUT2D eigenvalue weighted by Crippen LogP contribution is 2.32. The molecular weight excluding hydrogens is 298 g/mol. The smallest absolute Gasteiger partial charge is 0.107 e. The summed E-state index contributed by atoms with van der Waals surface area (Å²) < 4.78 is 3.51. The third-order valence-corrected chi connectivity index (χ3v) is 4.34. The van der Waals surface area contributed by atoms with Crippen LogP contribution in [0.3, 0.4) is 0 Å². The molecule has 0 atom stereocenters. The lowest BCUT2D eigenvalue weighted by molar-refractivity contribution is 0.768. The zero-order valence-corrected chi connectivity index (χ0v) is 11.2. The van der Waals surface area contributed by atoms with Crippen LogP contribution >= 0.6 is 38.9 Å². The van der Waals surface area contributed by atoms with Gasteiger partial charge in [-0.1, -0.05) is 11.6 Å². The van der Waals surface area contributed by atoms with E-state index in [9.17, 15) is 0 Å². The standard InChI is InChI=1S/C9H9BrClN3S/c1-14-5-6(3-13-14)12-4-7-2-8(10)9(11)15-7/h2-3,5,12H,4H2,1H3. The van der Waals surface area contributed by atoms with Gasteiger partial charge in [0.15, 0.2) is 0 Å². The van der Waals surface area contributed by atoms with Crippen molar-refractivity contribution in [1.29, 1.82) is 0 Å². The zero-order valence-electron chi connectivity index (χ0n) is 8.00. The van der Waals surface area contributed by atoms with Crippen LogP contribution in [-0.4, -0.2) is 9.78 Å². The highest BCUT2D eigenvalue weighted by molar-refractivity contribution is 9.10. The summed E-state index contributed by atoms with van der Waals surface area (Å²) in [6, 6.07) is 2.02. The van der Waals surface area contributed by atoms with Gasteiger partial charge in [-0.05, 0) is 22.0 Å². The summed E-state index contributed by atoms with van der Waals surface area (Å²) in [4.78, 5) is 1.19. The molecule has 2 aromatic rings. The molecule has 0 bridgehead atoms. The Balaban J connectivity index is 1.99. The second-order valence-corrected chi connectivity index (χ2v) is 5.68. The van der Waals surface area contributed by atoms with E-state index in [-0.39, 0.29) is 0 Å². The van der Waals surface area contributed by atoms with Gasteiger partial charge >= 0.3 is 0 Å². The van der Waals surface area contributed by atoms with E-state index >= 15 is 0 Å². The van der Waals surface area contributed by atoms with Crippen molar-refractivity contribution in [2.75, 3.05) is 5.32 Å². The first-order valence-electron chi connectivity index (χ1n) is 4.31. The lowest BCUT2D eigenvalue weighted by Gasteiger charge is -1.99. The van der Waals surface area contributed by atoms with Crippen molar-refractivity contribution in [1.82, 2.24) is 9.78 Å². The topological polar surface area (TPSA) is 29.9 Å². The minimum atomic E-state index is 0.766. The molecule has 1 N–H and O–H groups in total. The van der Waals surface area contributed by atoms with E-state index < -0.39 is 0 Å². The zero-order chi connectivity index (χ0) is 10.8. The molecule has 0 aliphatic rings. The van der Waals surface area contributed by atoms with Gasteiger partial charge in [-0.25, -0.2) is 0 Å². The average molecular weight is 307 g/mol. The largest absolute Gasteiger partial charge is 0.378 e. The van der Waals surface area contributed by atoms with Crippen molar-refractivity contribution in [3.05, 3.63) is 32.1 Å². The van der Waals surface area contributed by atoms with Crippen LogP contribution in [0.15, 0.2) is 22.9 Å². The summed E-state index contributed by atoms with van der Waals surface area (Å²) in [5.41, 5.74) is 1.01. The lowest BCUT2D eigenvalue weighted by Crippen LogP contribution is -1.95.